The number of benzene rings is 1. The normalized spacial score (nSPS) is 19.9. The summed E-state index contributed by atoms with van der Waals surface area (Å²) in [5.41, 5.74) is 0.488. The smallest absolute Gasteiger partial charge is 0.338 e. The average Bonchev–Trinajstić information content (AvgIpc) is 3.31. The molecule has 5 heteroatoms. The molecule has 1 saturated heterocycles. The molecule has 108 valence electrons. The van der Waals surface area contributed by atoms with E-state index in [1.54, 1.807) is 30.3 Å². The monoisotopic (exact) mass is 278 g/mol. The number of hydrogen-bond donors (Lipinski definition) is 0. The largest absolute Gasteiger partial charge is 0.452 e. The van der Waals surface area contributed by atoms with E-state index in [1.165, 1.54) is 7.11 Å². The van der Waals surface area contributed by atoms with Crippen LogP contribution in [0.2, 0.25) is 0 Å². The quantitative estimate of drug-likeness (QED) is 0.314. The number of epoxide rings is 1. The number of rotatable bonds is 8. The van der Waals surface area contributed by atoms with Crippen molar-refractivity contribution in [2.24, 2.45) is 0 Å². The van der Waals surface area contributed by atoms with Gasteiger partial charge in [0, 0.05) is 7.11 Å². The fourth-order valence-corrected chi connectivity index (χ4v) is 1.82. The third kappa shape index (κ3) is 3.90. The topological polar surface area (TPSA) is 57.3 Å². The fraction of sp³-hybridized carbons (Fsp3) is 0.400. The maximum absolute atomic E-state index is 12.0. The van der Waals surface area contributed by atoms with Crippen LogP contribution in [0.25, 0.3) is 0 Å². The lowest BCUT2D eigenvalue weighted by molar-refractivity contribution is -0.112. The number of hydrogen-bond acceptors (Lipinski definition) is 5. The molecule has 0 bridgehead atoms. The van der Waals surface area contributed by atoms with E-state index >= 15 is 0 Å². The highest BCUT2D eigenvalue weighted by molar-refractivity contribution is 5.89. The summed E-state index contributed by atoms with van der Waals surface area (Å²) in [4.78, 5) is 12.0. The summed E-state index contributed by atoms with van der Waals surface area (Å²) in [5.74, 6) is -0.415. The zero-order valence-electron chi connectivity index (χ0n) is 11.4. The zero-order valence-corrected chi connectivity index (χ0v) is 11.4. The number of carbonyl (C=O) groups excluding carboxylic acids is 1. The molecular formula is C15H18O5. The summed E-state index contributed by atoms with van der Waals surface area (Å²) >= 11 is 0. The van der Waals surface area contributed by atoms with Crippen molar-refractivity contribution in [1.82, 2.24) is 0 Å². The molecule has 0 amide bonds. The van der Waals surface area contributed by atoms with Gasteiger partial charge in [-0.2, -0.15) is 0 Å². The molecule has 0 N–H and O–H groups in total. The van der Waals surface area contributed by atoms with Crippen molar-refractivity contribution in [1.29, 1.82) is 0 Å². The molecule has 0 saturated carbocycles. The van der Waals surface area contributed by atoms with Crippen LogP contribution in [0.5, 0.6) is 0 Å². The van der Waals surface area contributed by atoms with E-state index in [9.17, 15) is 4.79 Å². The van der Waals surface area contributed by atoms with Gasteiger partial charge in [0.2, 0.25) is 0 Å². The van der Waals surface area contributed by atoms with E-state index in [2.05, 4.69) is 6.58 Å². The third-order valence-electron chi connectivity index (χ3n) is 2.91. The van der Waals surface area contributed by atoms with Crippen molar-refractivity contribution in [3.8, 4) is 0 Å². The van der Waals surface area contributed by atoms with Crippen LogP contribution in [-0.2, 0) is 18.9 Å². The van der Waals surface area contributed by atoms with Crippen molar-refractivity contribution in [2.45, 2.75) is 18.3 Å². The molecule has 0 spiro atoms. The Balaban J connectivity index is 1.99. The van der Waals surface area contributed by atoms with Crippen LogP contribution in [0.1, 0.15) is 10.4 Å². The molecule has 20 heavy (non-hydrogen) atoms. The Bertz CT molecular complexity index is 441. The second-order valence-corrected chi connectivity index (χ2v) is 4.38. The van der Waals surface area contributed by atoms with Crippen LogP contribution in [0, 0.1) is 0 Å². The van der Waals surface area contributed by atoms with E-state index in [4.69, 9.17) is 18.9 Å². The summed E-state index contributed by atoms with van der Waals surface area (Å²) in [6.45, 7) is 4.39. The number of esters is 1. The molecule has 0 radical (unpaired) electrons. The van der Waals surface area contributed by atoms with Crippen LogP contribution < -0.4 is 0 Å². The fourth-order valence-electron chi connectivity index (χ4n) is 1.82. The van der Waals surface area contributed by atoms with Crippen LogP contribution in [0.15, 0.2) is 43.0 Å². The molecule has 1 aromatic carbocycles. The van der Waals surface area contributed by atoms with Crippen molar-refractivity contribution in [3.63, 3.8) is 0 Å². The summed E-state index contributed by atoms with van der Waals surface area (Å²) < 4.78 is 21.0. The molecule has 0 aliphatic carbocycles. The molecule has 1 aliphatic rings. The molecule has 1 aromatic rings. The number of methoxy groups -OCH3 is 1. The van der Waals surface area contributed by atoms with Crippen molar-refractivity contribution in [3.05, 3.63) is 48.6 Å². The molecule has 3 atom stereocenters. The standard InChI is InChI=1S/C15H18O5/c1-3-12(14(13-9-18-13)19-10-17-2)20-15(16)11-7-5-4-6-8-11/h3-8,12-14H,1,9-10H2,2H3/t12-,13-,14-/m1/s1. The highest BCUT2D eigenvalue weighted by Gasteiger charge is 2.40. The van der Waals surface area contributed by atoms with E-state index in [-0.39, 0.29) is 12.9 Å². The lowest BCUT2D eigenvalue weighted by Gasteiger charge is -2.23. The van der Waals surface area contributed by atoms with E-state index in [1.807, 2.05) is 6.07 Å². The van der Waals surface area contributed by atoms with Crippen LogP contribution in [-0.4, -0.2) is 44.8 Å². The molecule has 0 unspecified atom stereocenters. The third-order valence-corrected chi connectivity index (χ3v) is 2.91. The van der Waals surface area contributed by atoms with Gasteiger partial charge in [0.05, 0.1) is 12.2 Å². The van der Waals surface area contributed by atoms with E-state index < -0.39 is 18.2 Å². The van der Waals surface area contributed by atoms with E-state index in [0.29, 0.717) is 12.2 Å². The molecule has 1 fully saturated rings. The predicted molar refractivity (Wildman–Crippen MR) is 72.3 cm³/mol. The van der Waals surface area contributed by atoms with Crippen LogP contribution in [0.4, 0.5) is 0 Å². The van der Waals surface area contributed by atoms with Gasteiger partial charge in [-0.15, -0.1) is 0 Å². The van der Waals surface area contributed by atoms with Gasteiger partial charge in [-0.3, -0.25) is 0 Å². The van der Waals surface area contributed by atoms with Gasteiger partial charge in [-0.25, -0.2) is 4.79 Å². The van der Waals surface area contributed by atoms with Crippen molar-refractivity contribution in [2.75, 3.05) is 20.5 Å². The van der Waals surface area contributed by atoms with Crippen LogP contribution in [0.3, 0.4) is 0 Å². The minimum atomic E-state index is -0.578. The van der Waals surface area contributed by atoms with Gasteiger partial charge in [-0.05, 0) is 18.2 Å². The minimum absolute atomic E-state index is 0.0864. The Hall–Kier alpha value is -1.69. The predicted octanol–water partition coefficient (Wildman–Crippen LogP) is 1.79. The maximum atomic E-state index is 12.0. The maximum Gasteiger partial charge on any atom is 0.338 e. The Morgan fingerprint density at radius 2 is 2.20 bits per heavy atom. The molecular weight excluding hydrogens is 260 g/mol. The highest BCUT2D eigenvalue weighted by Crippen LogP contribution is 2.23. The lowest BCUT2D eigenvalue weighted by Crippen LogP contribution is -2.37. The SMILES string of the molecule is C=C[C@@H](OC(=O)c1ccccc1)[C@@H](OCOC)[C@H]1CO1. The molecule has 0 aromatic heterocycles. The van der Waals surface area contributed by atoms with Crippen molar-refractivity contribution < 1.29 is 23.7 Å². The molecule has 1 heterocycles. The van der Waals surface area contributed by atoms with E-state index in [0.717, 1.165) is 0 Å². The molecule has 1 aliphatic heterocycles. The van der Waals surface area contributed by atoms with Crippen molar-refractivity contribution >= 4 is 5.97 Å². The Morgan fingerprint density at radius 1 is 1.50 bits per heavy atom. The zero-order chi connectivity index (χ0) is 14.4. The summed E-state index contributed by atoms with van der Waals surface area (Å²) in [6, 6.07) is 8.79. The molecule has 2 rings (SSSR count). The first-order valence-electron chi connectivity index (χ1n) is 6.37. The summed E-state index contributed by atoms with van der Waals surface area (Å²) in [6.07, 6.45) is 0.477. The van der Waals surface area contributed by atoms with Gasteiger partial charge < -0.3 is 18.9 Å². The van der Waals surface area contributed by atoms with Gasteiger partial charge in [0.1, 0.15) is 25.1 Å². The van der Waals surface area contributed by atoms with Gasteiger partial charge >= 0.3 is 5.97 Å². The second kappa shape index (κ2) is 7.19. The highest BCUT2D eigenvalue weighted by atomic mass is 16.7. The average molecular weight is 278 g/mol. The van der Waals surface area contributed by atoms with Gasteiger partial charge in [0.25, 0.3) is 0 Å². The first kappa shape index (κ1) is 14.7. The van der Waals surface area contributed by atoms with Gasteiger partial charge in [0.15, 0.2) is 0 Å². The molecule has 5 nitrogen and oxygen atoms in total. The lowest BCUT2D eigenvalue weighted by atomic mass is 10.1. The Kier molecular flexibility index (Phi) is 5.29. The van der Waals surface area contributed by atoms with Gasteiger partial charge in [-0.1, -0.05) is 24.8 Å². The summed E-state index contributed by atoms with van der Waals surface area (Å²) in [5, 5.41) is 0. The Labute approximate surface area is 118 Å². The van der Waals surface area contributed by atoms with Crippen LogP contribution >= 0.6 is 0 Å². The first-order valence-corrected chi connectivity index (χ1v) is 6.37. The number of ether oxygens (including phenoxy) is 4. The minimum Gasteiger partial charge on any atom is -0.452 e. The first-order chi connectivity index (χ1) is 9.76. The number of carbonyl (C=O) groups is 1. The Morgan fingerprint density at radius 3 is 2.75 bits per heavy atom. The summed E-state index contributed by atoms with van der Waals surface area (Å²) in [7, 11) is 1.53. The second-order valence-electron chi connectivity index (χ2n) is 4.38.